The van der Waals surface area contributed by atoms with Crippen LogP contribution in [0.3, 0.4) is 0 Å². The van der Waals surface area contributed by atoms with E-state index in [1.54, 1.807) is 4.90 Å². The van der Waals surface area contributed by atoms with E-state index in [0.29, 0.717) is 19.0 Å². The lowest BCUT2D eigenvalue weighted by atomic mass is 9.83. The van der Waals surface area contributed by atoms with E-state index in [1.165, 1.54) is 31.4 Å². The molecule has 2 bridgehead atoms. The molecular formula is C20H24F2N2O2. The van der Waals surface area contributed by atoms with Crippen molar-refractivity contribution < 1.29 is 18.4 Å². The minimum atomic E-state index is -0.696. The van der Waals surface area contributed by atoms with Gasteiger partial charge in [0.25, 0.3) is 0 Å². The summed E-state index contributed by atoms with van der Waals surface area (Å²) >= 11 is 0. The van der Waals surface area contributed by atoms with Gasteiger partial charge in [-0.3, -0.25) is 9.59 Å². The molecule has 0 spiro atoms. The largest absolute Gasteiger partial charge is 0.340 e. The van der Waals surface area contributed by atoms with Crippen LogP contribution in [0.25, 0.3) is 0 Å². The molecule has 2 amide bonds. The molecule has 1 aromatic rings. The van der Waals surface area contributed by atoms with Gasteiger partial charge >= 0.3 is 0 Å². The van der Waals surface area contributed by atoms with E-state index in [1.807, 2.05) is 4.90 Å². The first-order valence-corrected chi connectivity index (χ1v) is 9.53. The Morgan fingerprint density at radius 3 is 2.62 bits per heavy atom. The molecule has 5 rings (SSSR count). The van der Waals surface area contributed by atoms with Gasteiger partial charge in [-0.15, -0.1) is 0 Å². The molecule has 0 aromatic heterocycles. The van der Waals surface area contributed by atoms with E-state index >= 15 is 0 Å². The maximum absolute atomic E-state index is 13.9. The Kier molecular flexibility index (Phi) is 4.67. The minimum Gasteiger partial charge on any atom is -0.340 e. The topological polar surface area (TPSA) is 40.6 Å². The molecular weight excluding hydrogens is 338 g/mol. The maximum atomic E-state index is 13.9. The number of nitrogens with zero attached hydrogens (tertiary/aromatic N) is 2. The Bertz CT molecular complexity index is 720. The van der Waals surface area contributed by atoms with Gasteiger partial charge in [0, 0.05) is 31.7 Å². The van der Waals surface area contributed by atoms with Crippen LogP contribution in [0.4, 0.5) is 8.78 Å². The number of hydrogen-bond donors (Lipinski definition) is 0. The molecule has 0 radical (unpaired) electrons. The molecule has 4 nitrogen and oxygen atoms in total. The highest BCUT2D eigenvalue weighted by Crippen LogP contribution is 2.34. The van der Waals surface area contributed by atoms with E-state index < -0.39 is 11.6 Å². The van der Waals surface area contributed by atoms with Crippen molar-refractivity contribution in [1.29, 1.82) is 0 Å². The lowest BCUT2D eigenvalue weighted by Gasteiger charge is -2.40. The fraction of sp³-hybridized carbons (Fsp3) is 0.600. The van der Waals surface area contributed by atoms with E-state index in [4.69, 9.17) is 0 Å². The van der Waals surface area contributed by atoms with Crippen molar-refractivity contribution in [2.75, 3.05) is 19.6 Å². The van der Waals surface area contributed by atoms with E-state index in [2.05, 4.69) is 0 Å². The van der Waals surface area contributed by atoms with Crippen molar-refractivity contribution in [2.24, 2.45) is 11.8 Å². The zero-order valence-corrected chi connectivity index (χ0v) is 14.8. The first kappa shape index (κ1) is 17.4. The summed E-state index contributed by atoms with van der Waals surface area (Å²) in [6.07, 6.45) is 5.27. The van der Waals surface area contributed by atoms with E-state index in [0.717, 1.165) is 25.5 Å². The van der Waals surface area contributed by atoms with Crippen LogP contribution in [0.2, 0.25) is 0 Å². The second-order valence-electron chi connectivity index (χ2n) is 7.93. The second kappa shape index (κ2) is 6.97. The van der Waals surface area contributed by atoms with Crippen LogP contribution in [-0.2, 0) is 16.0 Å². The number of carbonyl (C=O) groups excluding carboxylic acids is 2. The Labute approximate surface area is 152 Å². The van der Waals surface area contributed by atoms with Crippen LogP contribution in [-0.4, -0.2) is 47.3 Å². The number of piperidine rings is 1. The van der Waals surface area contributed by atoms with E-state index in [9.17, 15) is 18.4 Å². The zero-order valence-electron chi connectivity index (χ0n) is 14.8. The zero-order chi connectivity index (χ0) is 18.3. The van der Waals surface area contributed by atoms with Gasteiger partial charge in [0.15, 0.2) is 0 Å². The highest BCUT2D eigenvalue weighted by atomic mass is 19.1. The van der Waals surface area contributed by atoms with Crippen LogP contribution in [0.5, 0.6) is 0 Å². The van der Waals surface area contributed by atoms with Gasteiger partial charge in [0.2, 0.25) is 11.8 Å². The molecule has 3 aliphatic heterocycles. The summed E-state index contributed by atoms with van der Waals surface area (Å²) < 4.78 is 26.9. The first-order valence-electron chi connectivity index (χ1n) is 9.53. The van der Waals surface area contributed by atoms with Crippen LogP contribution in [0, 0.1) is 23.5 Å². The lowest BCUT2D eigenvalue weighted by Crippen LogP contribution is -2.50. The average molecular weight is 362 g/mol. The SMILES string of the molecule is O=C(Cc1ccc(F)cc1F)N1C[C@@H]2CC[C@H](C1)N(CC1CCC1)C2=O. The van der Waals surface area contributed by atoms with Crippen molar-refractivity contribution >= 4 is 11.8 Å². The number of halogens is 2. The fourth-order valence-electron chi connectivity index (χ4n) is 4.38. The van der Waals surface area contributed by atoms with Crippen molar-refractivity contribution in [3.63, 3.8) is 0 Å². The normalized spacial score (nSPS) is 26.0. The first-order chi connectivity index (χ1) is 12.5. The minimum absolute atomic E-state index is 0.0730. The Balaban J connectivity index is 1.46. The van der Waals surface area contributed by atoms with Gasteiger partial charge in [-0.25, -0.2) is 8.78 Å². The number of rotatable bonds is 4. The molecule has 4 fully saturated rings. The molecule has 1 saturated carbocycles. The van der Waals surface area contributed by atoms with Crippen LogP contribution < -0.4 is 0 Å². The third-order valence-electron chi connectivity index (χ3n) is 6.18. The summed E-state index contributed by atoms with van der Waals surface area (Å²) in [5.41, 5.74) is 0.200. The van der Waals surface area contributed by atoms with Crippen molar-refractivity contribution in [3.8, 4) is 0 Å². The summed E-state index contributed by atoms with van der Waals surface area (Å²) in [6.45, 7) is 1.75. The number of benzene rings is 1. The molecule has 3 heterocycles. The molecule has 0 unspecified atom stereocenters. The molecule has 26 heavy (non-hydrogen) atoms. The molecule has 0 N–H and O–H groups in total. The Morgan fingerprint density at radius 1 is 1.12 bits per heavy atom. The van der Waals surface area contributed by atoms with Gasteiger partial charge in [0.1, 0.15) is 11.6 Å². The van der Waals surface area contributed by atoms with E-state index in [-0.39, 0.29) is 35.8 Å². The Hall–Kier alpha value is -1.98. The highest BCUT2D eigenvalue weighted by molar-refractivity contribution is 5.84. The second-order valence-corrected chi connectivity index (χ2v) is 7.93. The van der Waals surface area contributed by atoms with Crippen LogP contribution in [0.1, 0.15) is 37.7 Å². The fourth-order valence-corrected chi connectivity index (χ4v) is 4.38. The predicted molar refractivity (Wildman–Crippen MR) is 92.2 cm³/mol. The van der Waals surface area contributed by atoms with Crippen molar-refractivity contribution in [3.05, 3.63) is 35.4 Å². The van der Waals surface area contributed by atoms with Gasteiger partial charge in [0.05, 0.1) is 12.3 Å². The molecule has 140 valence electrons. The summed E-state index contributed by atoms with van der Waals surface area (Å²) in [6, 6.07) is 3.37. The predicted octanol–water partition coefficient (Wildman–Crippen LogP) is 2.76. The quantitative estimate of drug-likeness (QED) is 0.826. The lowest BCUT2D eigenvalue weighted by molar-refractivity contribution is -0.141. The van der Waals surface area contributed by atoms with Gasteiger partial charge in [-0.05, 0) is 43.2 Å². The van der Waals surface area contributed by atoms with Crippen molar-refractivity contribution in [1.82, 2.24) is 9.80 Å². The molecule has 6 heteroatoms. The van der Waals surface area contributed by atoms with Crippen LogP contribution >= 0.6 is 0 Å². The van der Waals surface area contributed by atoms with Gasteiger partial charge in [-0.1, -0.05) is 12.5 Å². The van der Waals surface area contributed by atoms with Gasteiger partial charge < -0.3 is 9.80 Å². The molecule has 1 aliphatic carbocycles. The van der Waals surface area contributed by atoms with Crippen LogP contribution in [0.15, 0.2) is 18.2 Å². The number of carbonyl (C=O) groups is 2. The molecule has 2 atom stereocenters. The molecule has 4 aliphatic rings. The van der Waals surface area contributed by atoms with Crippen molar-refractivity contribution in [2.45, 2.75) is 44.6 Å². The standard InChI is InChI=1S/C20H24F2N2O2/c21-16-6-4-14(18(22)9-16)8-19(25)23-11-15-5-7-17(12-23)24(20(15)26)10-13-2-1-3-13/h4,6,9,13,15,17H,1-3,5,7-8,10-12H2/t15-,17+/m0/s1. The summed E-state index contributed by atoms with van der Waals surface area (Å²) in [4.78, 5) is 29.2. The smallest absolute Gasteiger partial charge is 0.227 e. The number of fused-ring (bicyclic) bond motifs is 4. The monoisotopic (exact) mass is 362 g/mol. The molecule has 3 saturated heterocycles. The summed E-state index contributed by atoms with van der Waals surface area (Å²) in [5, 5.41) is 0. The Morgan fingerprint density at radius 2 is 1.92 bits per heavy atom. The third kappa shape index (κ3) is 3.33. The number of amides is 2. The third-order valence-corrected chi connectivity index (χ3v) is 6.18. The molecule has 1 aromatic carbocycles. The average Bonchev–Trinajstić information content (AvgIpc) is 2.85. The van der Waals surface area contributed by atoms with Gasteiger partial charge in [-0.2, -0.15) is 0 Å². The maximum Gasteiger partial charge on any atom is 0.227 e. The highest BCUT2D eigenvalue weighted by Gasteiger charge is 2.42. The summed E-state index contributed by atoms with van der Waals surface area (Å²) in [5.74, 6) is -0.892. The summed E-state index contributed by atoms with van der Waals surface area (Å²) in [7, 11) is 0. The number of hydrogen-bond acceptors (Lipinski definition) is 2.